The Morgan fingerprint density at radius 1 is 0.305 bits per heavy atom. The van der Waals surface area contributed by atoms with E-state index in [0.29, 0.717) is 34.6 Å². The van der Waals surface area contributed by atoms with Gasteiger partial charge in [-0.2, -0.15) is 0 Å². The summed E-state index contributed by atoms with van der Waals surface area (Å²) in [5, 5.41) is 15.9. The molecule has 0 spiro atoms. The van der Waals surface area contributed by atoms with Gasteiger partial charge in [0.1, 0.15) is 0 Å². The van der Waals surface area contributed by atoms with E-state index in [-0.39, 0.29) is 34.1 Å². The van der Waals surface area contributed by atoms with Gasteiger partial charge in [0, 0.05) is 97.9 Å². The number of hydrogen-bond acceptors (Lipinski definition) is 6. The van der Waals surface area contributed by atoms with E-state index in [4.69, 9.17) is 0 Å². The molecule has 0 saturated carbocycles. The van der Waals surface area contributed by atoms with Crippen molar-refractivity contribution < 1.29 is 0 Å². The third kappa shape index (κ3) is 11.6. The lowest BCUT2D eigenvalue weighted by molar-refractivity contribution is 0.350. The number of benzene rings is 7. The maximum atomic E-state index is 15.6. The van der Waals surface area contributed by atoms with Gasteiger partial charge in [0.2, 0.25) is 0 Å². The number of hydrogen-bond donors (Lipinski definition) is 0. The first-order valence-corrected chi connectivity index (χ1v) is 36.0. The third-order valence-corrected chi connectivity index (χ3v) is 22.8. The number of halogens is 2. The lowest BCUT2D eigenvalue weighted by Crippen LogP contribution is -2.36. The topological polar surface area (TPSA) is 78.1 Å². The molecule has 0 aliphatic carbocycles. The summed E-state index contributed by atoms with van der Waals surface area (Å²) in [6.07, 6.45) is 38.8. The Bertz CT molecular complexity index is 3690. The maximum absolute atomic E-state index is 15.6. The predicted octanol–water partition coefficient (Wildman–Crippen LogP) is 22.9. The highest BCUT2D eigenvalue weighted by Gasteiger charge is 2.32. The van der Waals surface area contributed by atoms with Crippen LogP contribution in [0.1, 0.15) is 233 Å². The molecule has 4 heterocycles. The monoisotopic (exact) mass is 1270 g/mol. The second-order valence-corrected chi connectivity index (χ2v) is 30.2. The van der Waals surface area contributed by atoms with Crippen molar-refractivity contribution in [3.8, 4) is 0 Å². The van der Waals surface area contributed by atoms with E-state index in [1.165, 1.54) is 154 Å². The van der Waals surface area contributed by atoms with Crippen molar-refractivity contribution in [1.82, 2.24) is 9.13 Å². The number of rotatable bonds is 36. The highest BCUT2D eigenvalue weighted by atomic mass is 79.9. The number of thiophene rings is 2. The van der Waals surface area contributed by atoms with Crippen LogP contribution in [0.3, 0.4) is 0 Å². The van der Waals surface area contributed by atoms with Crippen molar-refractivity contribution in [2.45, 2.75) is 246 Å². The minimum absolute atomic E-state index is 0.188. The van der Waals surface area contributed by atoms with Crippen molar-refractivity contribution in [3.63, 3.8) is 0 Å². The first kappa shape index (κ1) is 59.8. The maximum Gasteiger partial charge on any atom is 0.261 e. The van der Waals surface area contributed by atoms with Crippen molar-refractivity contribution in [1.29, 1.82) is 0 Å². The van der Waals surface area contributed by atoms with E-state index in [1.807, 2.05) is 0 Å². The zero-order valence-corrected chi connectivity index (χ0v) is 54.6. The average molecular weight is 1270 g/mol. The van der Waals surface area contributed by atoms with Gasteiger partial charge in [-0.25, -0.2) is 0 Å². The second kappa shape index (κ2) is 27.2. The van der Waals surface area contributed by atoms with Crippen LogP contribution in [0, 0.1) is 11.8 Å². The van der Waals surface area contributed by atoms with Crippen LogP contribution in [0.5, 0.6) is 0 Å². The van der Waals surface area contributed by atoms with E-state index in [1.54, 1.807) is 31.8 Å². The molecule has 0 saturated heterocycles. The Morgan fingerprint density at radius 3 is 0.854 bits per heavy atom. The number of aromatic nitrogens is 2. The fourth-order valence-electron chi connectivity index (χ4n) is 15.1. The van der Waals surface area contributed by atoms with Crippen LogP contribution in [0.2, 0.25) is 0 Å². The number of unbranched alkanes of at least 4 members (excludes halogenated alkanes) is 24. The molecule has 2 unspecified atom stereocenters. The van der Waals surface area contributed by atoms with Crippen molar-refractivity contribution in [3.05, 3.63) is 85.4 Å². The molecule has 2 atom stereocenters. The SMILES string of the molecule is CCCCCCCCCCC(CCCCCCCC)Cn1c(=O)c2cc3c4cc(Br)sc4c4cc5c(=O)n(CC(CCCCCCCC)CCCCCCCCCC)c(=O)c6cc7c8cc(Br)sc8c8cc(c1=O)c2c1c3c4c(c65)c7c81. The highest BCUT2D eigenvalue weighted by Crippen LogP contribution is 2.57. The molecule has 11 aromatic rings. The molecule has 10 heteroatoms. The molecule has 0 aliphatic rings. The summed E-state index contributed by atoms with van der Waals surface area (Å²) < 4.78 is 7.34. The Kier molecular flexibility index (Phi) is 19.8. The molecule has 436 valence electrons. The molecule has 11 rings (SSSR count). The summed E-state index contributed by atoms with van der Waals surface area (Å²) >= 11 is 11.2. The molecular weight excluding hydrogens is 1180 g/mol. The van der Waals surface area contributed by atoms with Gasteiger partial charge in [-0.15, -0.1) is 22.7 Å². The van der Waals surface area contributed by atoms with Crippen LogP contribution in [0.4, 0.5) is 0 Å². The normalized spacial score (nSPS) is 13.5. The van der Waals surface area contributed by atoms with Crippen LogP contribution in [-0.2, 0) is 13.1 Å². The first-order valence-electron chi connectivity index (χ1n) is 32.8. The van der Waals surface area contributed by atoms with Crippen LogP contribution in [0.15, 0.2) is 63.1 Å². The lowest BCUT2D eigenvalue weighted by Gasteiger charge is -2.25. The lowest BCUT2D eigenvalue weighted by atomic mass is 9.79. The molecule has 4 aromatic heterocycles. The molecule has 7 aromatic carbocycles. The van der Waals surface area contributed by atoms with Crippen LogP contribution in [-0.4, -0.2) is 9.13 Å². The standard InChI is InChI=1S/C72H88Br2N2O4S2/c1-5-9-13-17-21-23-27-31-35-45(33-29-25-19-15-11-7-3)43-75-69(77)53-37-47-49-41-57(73)82-68(49)52-40-56-60-54(70(78)76(72(56)80)44-46(34-30-26-20-16-12-8-4)36-32-28-24-22-18-14-10-6-2)38-48-50-42-58(74)81-67(50)51-39-55(71(75)79)59(53)65-61(47)64(52)66(60)62(48)63(51)65/h37-42,45-46H,5-36,43-44H2,1-4H3. The fraction of sp³-hybridized carbons (Fsp3) is 0.556. The molecule has 0 N–H and O–H groups in total. The first-order chi connectivity index (χ1) is 40.1. The Morgan fingerprint density at radius 2 is 0.561 bits per heavy atom. The van der Waals surface area contributed by atoms with E-state index in [0.717, 1.165) is 144 Å². The van der Waals surface area contributed by atoms with Gasteiger partial charge in [-0.3, -0.25) is 28.3 Å². The summed E-state index contributed by atoms with van der Waals surface area (Å²) in [4.78, 5) is 62.4. The molecule has 0 aliphatic heterocycles. The predicted molar refractivity (Wildman–Crippen MR) is 367 cm³/mol. The number of pyridine rings is 2. The van der Waals surface area contributed by atoms with Gasteiger partial charge in [0.15, 0.2) is 0 Å². The van der Waals surface area contributed by atoms with Gasteiger partial charge in [0.25, 0.3) is 22.2 Å². The van der Waals surface area contributed by atoms with Crippen molar-refractivity contribution >= 4 is 161 Å². The summed E-state index contributed by atoms with van der Waals surface area (Å²) in [5.74, 6) is 0.479. The van der Waals surface area contributed by atoms with Gasteiger partial charge < -0.3 is 0 Å². The van der Waals surface area contributed by atoms with E-state index in [9.17, 15) is 0 Å². The van der Waals surface area contributed by atoms with Gasteiger partial charge >= 0.3 is 0 Å². The molecule has 0 bridgehead atoms. The summed E-state index contributed by atoms with van der Waals surface area (Å²) in [6, 6.07) is 12.8. The van der Waals surface area contributed by atoms with E-state index in [2.05, 4.69) is 96.0 Å². The van der Waals surface area contributed by atoms with E-state index < -0.39 is 0 Å². The minimum Gasteiger partial charge on any atom is -0.274 e. The summed E-state index contributed by atoms with van der Waals surface area (Å²) in [7, 11) is 0. The van der Waals surface area contributed by atoms with Crippen LogP contribution >= 0.6 is 54.5 Å². The molecular formula is C72H88Br2N2O4S2. The molecule has 0 amide bonds. The molecule has 6 nitrogen and oxygen atoms in total. The second-order valence-electron chi connectivity index (χ2n) is 25.3. The zero-order chi connectivity index (χ0) is 57.0. The zero-order valence-electron chi connectivity index (χ0n) is 49.8. The quantitative estimate of drug-likeness (QED) is 0.0223. The minimum atomic E-state index is -0.189. The van der Waals surface area contributed by atoms with Crippen LogP contribution < -0.4 is 22.2 Å². The Labute approximate surface area is 509 Å². The summed E-state index contributed by atoms with van der Waals surface area (Å²) in [6.45, 7) is 9.94. The molecule has 0 fully saturated rings. The Hall–Kier alpha value is -3.96. The molecule has 0 radical (unpaired) electrons. The van der Waals surface area contributed by atoms with Crippen LogP contribution in [0.25, 0.3) is 106 Å². The average Bonchev–Trinajstić information content (AvgIpc) is 1.11. The highest BCUT2D eigenvalue weighted by molar-refractivity contribution is 9.11. The fourth-order valence-corrected chi connectivity index (χ4v) is 18.4. The van der Waals surface area contributed by atoms with Gasteiger partial charge in [-0.1, -0.05) is 207 Å². The van der Waals surface area contributed by atoms with Crippen molar-refractivity contribution in [2.24, 2.45) is 11.8 Å². The largest absolute Gasteiger partial charge is 0.274 e. The smallest absolute Gasteiger partial charge is 0.261 e. The summed E-state index contributed by atoms with van der Waals surface area (Å²) in [5.41, 5.74) is -0.755. The van der Waals surface area contributed by atoms with E-state index >= 15 is 19.2 Å². The number of nitrogens with zero attached hydrogens (tertiary/aromatic N) is 2. The Balaban J connectivity index is 1.08. The number of fused-ring (bicyclic) bond motifs is 6. The van der Waals surface area contributed by atoms with Crippen molar-refractivity contribution in [2.75, 3.05) is 0 Å². The third-order valence-electron chi connectivity index (χ3n) is 19.4. The molecule has 82 heavy (non-hydrogen) atoms. The van der Waals surface area contributed by atoms with Gasteiger partial charge in [-0.05, 0) is 127 Å². The van der Waals surface area contributed by atoms with Gasteiger partial charge in [0.05, 0.1) is 7.57 Å².